The van der Waals surface area contributed by atoms with E-state index in [1.165, 1.54) is 9.80 Å². The van der Waals surface area contributed by atoms with Crippen molar-refractivity contribution < 1.29 is 29.0 Å². The molecule has 3 heterocycles. The molecule has 2 atom stereocenters. The molecular formula is C39H41N5O6. The van der Waals surface area contributed by atoms with Gasteiger partial charge in [-0.25, -0.2) is 14.8 Å². The van der Waals surface area contributed by atoms with Gasteiger partial charge in [0, 0.05) is 43.6 Å². The Morgan fingerprint density at radius 3 is 1.96 bits per heavy atom. The molecule has 2 fully saturated rings. The van der Waals surface area contributed by atoms with Gasteiger partial charge in [0.1, 0.15) is 24.2 Å². The van der Waals surface area contributed by atoms with Gasteiger partial charge in [-0.05, 0) is 67.4 Å². The van der Waals surface area contributed by atoms with Crippen molar-refractivity contribution in [2.24, 2.45) is 0 Å². The van der Waals surface area contributed by atoms with Crippen molar-refractivity contribution >= 4 is 23.9 Å². The maximum absolute atomic E-state index is 12.8. The second-order valence-electron chi connectivity index (χ2n) is 14.0. The predicted octanol–water partition coefficient (Wildman–Crippen LogP) is 6.16. The predicted molar refractivity (Wildman–Crippen MR) is 187 cm³/mol. The summed E-state index contributed by atoms with van der Waals surface area (Å²) in [6, 6.07) is 24.5. The summed E-state index contributed by atoms with van der Waals surface area (Å²) in [4.78, 5) is 51.3. The zero-order valence-electron chi connectivity index (χ0n) is 28.7. The number of rotatable bonds is 9. The first-order valence-corrected chi connectivity index (χ1v) is 17.0. The molecule has 0 unspecified atom stereocenters. The normalized spacial score (nSPS) is 21.9. The van der Waals surface area contributed by atoms with E-state index in [0.29, 0.717) is 43.0 Å². The van der Waals surface area contributed by atoms with E-state index >= 15 is 0 Å². The van der Waals surface area contributed by atoms with E-state index in [2.05, 4.69) is 43.1 Å². The Hall–Kier alpha value is -5.45. The standard InChI is InChI=1S/C39H41N5O6/c1-24-21-42(22-25(2)43(24)38(47)48)37-40-18-17-28(41-37)23-49-30-13-9-26(10-14-30)39(3,4)27-11-15-31(16-12-27)50-32-19-29(20-32)44-35(45)33-7-5-6-8-34(33)36(44)46/h5-18,24-25,29,32H,19-23H2,1-4H3,(H,47,48)/t24-,25+,29-,32+. The highest BCUT2D eigenvalue weighted by Gasteiger charge is 2.45. The van der Waals surface area contributed by atoms with E-state index in [-0.39, 0.29) is 48.1 Å². The van der Waals surface area contributed by atoms with Crippen LogP contribution in [-0.4, -0.2) is 80.1 Å². The molecule has 2 aliphatic heterocycles. The fourth-order valence-corrected chi connectivity index (χ4v) is 7.30. The number of fused-ring (bicyclic) bond motifs is 1. The molecule has 11 heteroatoms. The molecule has 11 nitrogen and oxygen atoms in total. The van der Waals surface area contributed by atoms with Crippen LogP contribution in [0.5, 0.6) is 11.5 Å². The summed E-state index contributed by atoms with van der Waals surface area (Å²) in [6.45, 7) is 9.48. The summed E-state index contributed by atoms with van der Waals surface area (Å²) < 4.78 is 12.3. The Labute approximate surface area is 291 Å². The van der Waals surface area contributed by atoms with E-state index in [0.717, 1.165) is 28.3 Å². The minimum atomic E-state index is -0.908. The number of carbonyl (C=O) groups is 3. The molecule has 1 aromatic heterocycles. The smallest absolute Gasteiger partial charge is 0.407 e. The Morgan fingerprint density at radius 1 is 0.840 bits per heavy atom. The zero-order chi connectivity index (χ0) is 35.2. The van der Waals surface area contributed by atoms with E-state index in [1.54, 1.807) is 30.5 Å². The number of hydrogen-bond acceptors (Lipinski definition) is 8. The van der Waals surface area contributed by atoms with Crippen molar-refractivity contribution in [2.75, 3.05) is 18.0 Å². The van der Waals surface area contributed by atoms with Crippen LogP contribution in [0, 0.1) is 0 Å². The van der Waals surface area contributed by atoms with Gasteiger partial charge in [-0.1, -0.05) is 50.2 Å². The van der Waals surface area contributed by atoms with E-state index in [4.69, 9.17) is 14.5 Å². The van der Waals surface area contributed by atoms with E-state index in [1.807, 2.05) is 49.1 Å². The Bertz CT molecular complexity index is 1860. The number of piperazine rings is 1. The number of carboxylic acid groups (broad SMARTS) is 1. The van der Waals surface area contributed by atoms with Crippen molar-refractivity contribution in [1.29, 1.82) is 0 Å². The molecule has 258 valence electrons. The molecular weight excluding hydrogens is 634 g/mol. The first kappa shape index (κ1) is 33.1. The van der Waals surface area contributed by atoms with Crippen LogP contribution in [-0.2, 0) is 12.0 Å². The van der Waals surface area contributed by atoms with Crippen molar-refractivity contribution in [3.8, 4) is 11.5 Å². The van der Waals surface area contributed by atoms with Crippen LogP contribution >= 0.6 is 0 Å². The van der Waals surface area contributed by atoms with Crippen LogP contribution in [0.2, 0.25) is 0 Å². The zero-order valence-corrected chi connectivity index (χ0v) is 28.7. The van der Waals surface area contributed by atoms with E-state index in [9.17, 15) is 19.5 Å². The number of benzene rings is 3. The molecule has 3 aliphatic rings. The van der Waals surface area contributed by atoms with Crippen LogP contribution in [0.25, 0.3) is 0 Å². The van der Waals surface area contributed by atoms with Gasteiger partial charge in [0.2, 0.25) is 5.95 Å². The summed E-state index contributed by atoms with van der Waals surface area (Å²) >= 11 is 0. The molecule has 1 N–H and O–H groups in total. The minimum Gasteiger partial charge on any atom is -0.490 e. The molecule has 1 aliphatic carbocycles. The molecule has 0 spiro atoms. The molecule has 1 saturated carbocycles. The van der Waals surface area contributed by atoms with Crippen molar-refractivity contribution in [3.05, 3.63) is 113 Å². The molecule has 0 bridgehead atoms. The molecule has 3 amide bonds. The maximum Gasteiger partial charge on any atom is 0.407 e. The lowest BCUT2D eigenvalue weighted by atomic mass is 9.78. The highest BCUT2D eigenvalue weighted by atomic mass is 16.5. The van der Waals surface area contributed by atoms with Gasteiger partial charge in [0.15, 0.2) is 0 Å². The van der Waals surface area contributed by atoms with E-state index < -0.39 is 6.09 Å². The van der Waals surface area contributed by atoms with Gasteiger partial charge >= 0.3 is 6.09 Å². The quantitative estimate of drug-likeness (QED) is 0.208. The Kier molecular flexibility index (Phi) is 8.67. The SMILES string of the molecule is C[C@@H]1CN(c2nccc(COc3ccc(C(C)(C)c4ccc(O[C@H]5C[C@@H](N6C(=O)c7ccccc7C6=O)C5)cc4)cc3)n2)C[C@H](C)N1C(=O)O. The number of nitrogens with zero attached hydrogens (tertiary/aromatic N) is 5. The number of aromatic nitrogens is 2. The van der Waals surface area contributed by atoms with Gasteiger partial charge in [-0.15, -0.1) is 0 Å². The number of imide groups is 1. The average molecular weight is 676 g/mol. The van der Waals surface area contributed by atoms with Crippen LogP contribution < -0.4 is 14.4 Å². The minimum absolute atomic E-state index is 0.0494. The van der Waals surface area contributed by atoms with Crippen molar-refractivity contribution in [2.45, 2.75) is 76.8 Å². The highest BCUT2D eigenvalue weighted by Crippen LogP contribution is 2.37. The number of carbonyl (C=O) groups excluding carboxylic acids is 2. The fraction of sp³-hybridized carbons (Fsp3) is 0.359. The average Bonchev–Trinajstić information content (AvgIpc) is 3.34. The third kappa shape index (κ3) is 6.23. The van der Waals surface area contributed by atoms with Gasteiger partial charge in [-0.2, -0.15) is 0 Å². The van der Waals surface area contributed by atoms with Gasteiger partial charge in [-0.3, -0.25) is 19.4 Å². The van der Waals surface area contributed by atoms with Crippen molar-refractivity contribution in [3.63, 3.8) is 0 Å². The topological polar surface area (TPSA) is 125 Å². The van der Waals surface area contributed by atoms with Gasteiger partial charge in [0.25, 0.3) is 11.8 Å². The van der Waals surface area contributed by atoms with Crippen LogP contribution in [0.4, 0.5) is 10.7 Å². The molecule has 50 heavy (non-hydrogen) atoms. The second kappa shape index (κ2) is 13.1. The fourth-order valence-electron chi connectivity index (χ4n) is 7.30. The molecule has 0 radical (unpaired) electrons. The second-order valence-corrected chi connectivity index (χ2v) is 14.0. The third-order valence-corrected chi connectivity index (χ3v) is 10.2. The highest BCUT2D eigenvalue weighted by molar-refractivity contribution is 6.21. The lowest BCUT2D eigenvalue weighted by molar-refractivity contribution is 0.0198. The Morgan fingerprint density at radius 2 is 1.40 bits per heavy atom. The number of amides is 3. The number of ether oxygens (including phenoxy) is 2. The van der Waals surface area contributed by atoms with Gasteiger partial charge in [0.05, 0.1) is 28.9 Å². The van der Waals surface area contributed by atoms with Crippen LogP contribution in [0.15, 0.2) is 85.1 Å². The maximum atomic E-state index is 12.8. The van der Waals surface area contributed by atoms with Crippen molar-refractivity contribution in [1.82, 2.24) is 19.8 Å². The largest absolute Gasteiger partial charge is 0.490 e. The Balaban J connectivity index is 0.915. The van der Waals surface area contributed by atoms with Gasteiger partial charge < -0.3 is 19.5 Å². The number of hydrogen-bond donors (Lipinski definition) is 1. The molecule has 3 aromatic carbocycles. The molecule has 4 aromatic rings. The summed E-state index contributed by atoms with van der Waals surface area (Å²) in [5, 5.41) is 9.53. The summed E-state index contributed by atoms with van der Waals surface area (Å²) in [6.07, 6.45) is 2.00. The first-order chi connectivity index (χ1) is 24.0. The van der Waals surface area contributed by atoms with Crippen LogP contribution in [0.3, 0.4) is 0 Å². The van der Waals surface area contributed by atoms with Crippen LogP contribution in [0.1, 0.15) is 78.1 Å². The first-order valence-electron chi connectivity index (χ1n) is 17.0. The lowest BCUT2D eigenvalue weighted by Crippen LogP contribution is -2.58. The number of anilines is 1. The monoisotopic (exact) mass is 675 g/mol. The lowest BCUT2D eigenvalue weighted by Gasteiger charge is -2.42. The summed E-state index contributed by atoms with van der Waals surface area (Å²) in [5.74, 6) is 1.64. The third-order valence-electron chi connectivity index (χ3n) is 10.2. The summed E-state index contributed by atoms with van der Waals surface area (Å²) in [5.41, 5.74) is 3.70. The molecule has 1 saturated heterocycles. The summed E-state index contributed by atoms with van der Waals surface area (Å²) in [7, 11) is 0. The molecule has 7 rings (SSSR count).